The van der Waals surface area contributed by atoms with Crippen molar-refractivity contribution in [1.82, 2.24) is 15.0 Å². The molecule has 0 radical (unpaired) electrons. The van der Waals surface area contributed by atoms with Gasteiger partial charge in [0.15, 0.2) is 0 Å². The van der Waals surface area contributed by atoms with E-state index in [0.29, 0.717) is 0 Å². The maximum Gasteiger partial charge on any atom is 0.244 e. The maximum absolute atomic E-state index is 12.1. The van der Waals surface area contributed by atoms with E-state index in [1.54, 1.807) is 0 Å². The quantitative estimate of drug-likeness (QED) is 0.710. The van der Waals surface area contributed by atoms with Gasteiger partial charge in [-0.15, -0.1) is 12.4 Å². The second kappa shape index (κ2) is 7.24. The molecular formula is C11H16Cl2N4O2S. The van der Waals surface area contributed by atoms with Gasteiger partial charge in [0, 0.05) is 19.3 Å². The van der Waals surface area contributed by atoms with Crippen LogP contribution in [0.2, 0.25) is 5.02 Å². The lowest BCUT2D eigenvalue weighted by Gasteiger charge is -2.15. The lowest BCUT2D eigenvalue weighted by Crippen LogP contribution is -2.30. The summed E-state index contributed by atoms with van der Waals surface area (Å²) in [6.45, 7) is 1.89. The average molecular weight is 339 g/mol. The summed E-state index contributed by atoms with van der Waals surface area (Å²) in [6.07, 6.45) is 4.11. The highest BCUT2D eigenvalue weighted by Gasteiger charge is 2.19. The Labute approximate surface area is 129 Å². The third-order valence-corrected chi connectivity index (χ3v) is 4.42. The third-order valence-electron chi connectivity index (χ3n) is 2.79. The number of anilines is 1. The number of nitrogens with zero attached hydrogens (tertiary/aromatic N) is 1. The number of halogens is 2. The Hall–Kier alpha value is -0.860. The molecular weight excluding hydrogens is 323 g/mol. The van der Waals surface area contributed by atoms with Gasteiger partial charge in [-0.05, 0) is 19.0 Å². The predicted octanol–water partition coefficient (Wildman–Crippen LogP) is 0.937. The normalized spacial score (nSPS) is 15.3. The van der Waals surface area contributed by atoms with E-state index in [0.717, 1.165) is 25.1 Å². The number of rotatable bonds is 4. The van der Waals surface area contributed by atoms with Gasteiger partial charge in [0.05, 0.1) is 5.02 Å². The van der Waals surface area contributed by atoms with Crippen LogP contribution >= 0.6 is 24.0 Å². The van der Waals surface area contributed by atoms with Crippen molar-refractivity contribution in [2.75, 3.05) is 25.4 Å². The van der Waals surface area contributed by atoms with Crippen molar-refractivity contribution in [1.29, 1.82) is 0 Å². The van der Waals surface area contributed by atoms with Gasteiger partial charge < -0.3 is 11.1 Å². The largest absolute Gasteiger partial charge is 0.383 e. The smallest absolute Gasteiger partial charge is 0.244 e. The van der Waals surface area contributed by atoms with Crippen LogP contribution in [0.5, 0.6) is 0 Å². The molecule has 1 aromatic heterocycles. The second-order valence-corrected chi connectivity index (χ2v) is 6.35. The molecule has 0 bridgehead atoms. The first-order valence-electron chi connectivity index (χ1n) is 5.78. The lowest BCUT2D eigenvalue weighted by molar-refractivity contribution is 0.582. The average Bonchev–Trinajstić information content (AvgIpc) is 2.40. The van der Waals surface area contributed by atoms with Gasteiger partial charge in [0.1, 0.15) is 10.7 Å². The lowest BCUT2D eigenvalue weighted by atomic mass is 10.1. The Kier molecular flexibility index (Phi) is 6.22. The molecule has 1 aliphatic heterocycles. The number of nitrogens with one attached hydrogen (secondary N) is 2. The van der Waals surface area contributed by atoms with Crippen molar-refractivity contribution in [3.05, 3.63) is 28.9 Å². The predicted molar refractivity (Wildman–Crippen MR) is 81.7 cm³/mol. The Morgan fingerprint density at radius 2 is 2.25 bits per heavy atom. The van der Waals surface area contributed by atoms with Crippen LogP contribution in [0.3, 0.4) is 0 Å². The zero-order chi connectivity index (χ0) is 13.9. The number of hydrogen-bond donors (Lipinski definition) is 3. The summed E-state index contributed by atoms with van der Waals surface area (Å²) in [7, 11) is -3.70. The fraction of sp³-hybridized carbons (Fsp3) is 0.364. The standard InChI is InChI=1S/C11H15ClN4O2S.ClH/c12-9-5-10(11(13)15-7-9)19(17,18)16-6-8-1-3-14-4-2-8;/h1,5,7,14,16H,2-4,6H2,(H2,13,15);1H. The molecule has 0 unspecified atom stereocenters. The van der Waals surface area contributed by atoms with Gasteiger partial charge in [0.2, 0.25) is 10.0 Å². The molecule has 0 aliphatic carbocycles. The molecule has 0 aromatic carbocycles. The molecule has 112 valence electrons. The zero-order valence-corrected chi connectivity index (χ0v) is 13.0. The van der Waals surface area contributed by atoms with Crippen LogP contribution < -0.4 is 15.8 Å². The van der Waals surface area contributed by atoms with Crippen LogP contribution in [0.4, 0.5) is 5.82 Å². The number of aromatic nitrogens is 1. The van der Waals surface area contributed by atoms with Gasteiger partial charge in [0.25, 0.3) is 0 Å². The molecule has 2 rings (SSSR count). The minimum Gasteiger partial charge on any atom is -0.383 e. The Bertz CT molecular complexity index is 604. The monoisotopic (exact) mass is 338 g/mol. The summed E-state index contributed by atoms with van der Waals surface area (Å²) in [6, 6.07) is 1.29. The molecule has 0 amide bonds. The minimum atomic E-state index is -3.70. The summed E-state index contributed by atoms with van der Waals surface area (Å²) >= 11 is 5.74. The van der Waals surface area contributed by atoms with Crippen LogP contribution in [0.25, 0.3) is 0 Å². The first-order chi connectivity index (χ1) is 8.99. The highest BCUT2D eigenvalue weighted by atomic mass is 35.5. The summed E-state index contributed by atoms with van der Waals surface area (Å²) in [5, 5.41) is 3.39. The Morgan fingerprint density at radius 3 is 2.90 bits per heavy atom. The van der Waals surface area contributed by atoms with Gasteiger partial charge >= 0.3 is 0 Å². The molecule has 0 spiro atoms. The van der Waals surface area contributed by atoms with Gasteiger partial charge in [-0.2, -0.15) is 0 Å². The van der Waals surface area contributed by atoms with E-state index >= 15 is 0 Å². The number of nitrogens with two attached hydrogens (primary N) is 1. The zero-order valence-electron chi connectivity index (χ0n) is 10.6. The Balaban J connectivity index is 0.00000200. The van der Waals surface area contributed by atoms with E-state index < -0.39 is 10.0 Å². The van der Waals surface area contributed by atoms with Gasteiger partial charge in [-0.25, -0.2) is 18.1 Å². The number of pyridine rings is 1. The van der Waals surface area contributed by atoms with Crippen molar-refractivity contribution in [3.63, 3.8) is 0 Å². The highest BCUT2D eigenvalue weighted by Crippen LogP contribution is 2.20. The number of nitrogen functional groups attached to an aromatic ring is 1. The van der Waals surface area contributed by atoms with E-state index in [1.807, 2.05) is 6.08 Å². The van der Waals surface area contributed by atoms with Crippen LogP contribution in [0.1, 0.15) is 6.42 Å². The molecule has 0 atom stereocenters. The molecule has 2 heterocycles. The fourth-order valence-electron chi connectivity index (χ4n) is 1.74. The third kappa shape index (κ3) is 4.32. The highest BCUT2D eigenvalue weighted by molar-refractivity contribution is 7.89. The van der Waals surface area contributed by atoms with E-state index in [1.165, 1.54) is 12.3 Å². The SMILES string of the molecule is Cl.Nc1ncc(Cl)cc1S(=O)(=O)NCC1=CCNCC1. The molecule has 4 N–H and O–H groups in total. The molecule has 0 saturated carbocycles. The second-order valence-electron chi connectivity index (χ2n) is 4.18. The molecule has 9 heteroatoms. The molecule has 1 aromatic rings. The number of hydrogen-bond acceptors (Lipinski definition) is 5. The molecule has 1 aliphatic rings. The molecule has 0 saturated heterocycles. The van der Waals surface area contributed by atoms with E-state index in [-0.39, 0.29) is 34.7 Å². The van der Waals surface area contributed by atoms with Crippen LogP contribution in [-0.4, -0.2) is 33.0 Å². The Morgan fingerprint density at radius 1 is 1.50 bits per heavy atom. The minimum absolute atomic E-state index is 0. The van der Waals surface area contributed by atoms with Crippen LogP contribution in [-0.2, 0) is 10.0 Å². The van der Waals surface area contributed by atoms with Crippen molar-refractivity contribution in [3.8, 4) is 0 Å². The van der Waals surface area contributed by atoms with E-state index in [4.69, 9.17) is 17.3 Å². The van der Waals surface area contributed by atoms with Crippen molar-refractivity contribution < 1.29 is 8.42 Å². The first kappa shape index (κ1) is 17.2. The topological polar surface area (TPSA) is 97.1 Å². The molecule has 6 nitrogen and oxygen atoms in total. The molecule has 20 heavy (non-hydrogen) atoms. The van der Waals surface area contributed by atoms with E-state index in [9.17, 15) is 8.42 Å². The van der Waals surface area contributed by atoms with Crippen molar-refractivity contribution >= 4 is 39.8 Å². The summed E-state index contributed by atoms with van der Waals surface area (Å²) in [4.78, 5) is 3.65. The molecule has 0 fully saturated rings. The maximum atomic E-state index is 12.1. The van der Waals surface area contributed by atoms with Crippen molar-refractivity contribution in [2.45, 2.75) is 11.3 Å². The first-order valence-corrected chi connectivity index (χ1v) is 7.64. The van der Waals surface area contributed by atoms with Gasteiger partial charge in [-0.3, -0.25) is 0 Å². The number of sulfonamides is 1. The van der Waals surface area contributed by atoms with Crippen LogP contribution in [0.15, 0.2) is 28.8 Å². The summed E-state index contributed by atoms with van der Waals surface area (Å²) in [5.74, 6) is -0.0591. The summed E-state index contributed by atoms with van der Waals surface area (Å²) in [5.41, 5.74) is 6.62. The fourth-order valence-corrected chi connectivity index (χ4v) is 3.11. The van der Waals surface area contributed by atoms with Crippen LogP contribution in [0, 0.1) is 0 Å². The van der Waals surface area contributed by atoms with Crippen molar-refractivity contribution in [2.24, 2.45) is 0 Å². The summed E-state index contributed by atoms with van der Waals surface area (Å²) < 4.78 is 26.7. The van der Waals surface area contributed by atoms with Gasteiger partial charge in [-0.1, -0.05) is 23.3 Å². The van der Waals surface area contributed by atoms with E-state index in [2.05, 4.69) is 15.0 Å².